The molecular weight excluding hydrogens is 546 g/mol. The summed E-state index contributed by atoms with van der Waals surface area (Å²) in [5.41, 5.74) is 0.858. The molecule has 2 fully saturated rings. The molecule has 0 unspecified atom stereocenters. The van der Waals surface area contributed by atoms with E-state index in [1.807, 2.05) is 55.5 Å². The van der Waals surface area contributed by atoms with Gasteiger partial charge in [0.2, 0.25) is 5.91 Å². The van der Waals surface area contributed by atoms with Crippen LogP contribution in [0.4, 0.5) is 17.3 Å². The van der Waals surface area contributed by atoms with Gasteiger partial charge in [-0.1, -0.05) is 24.3 Å². The highest BCUT2D eigenvalue weighted by atomic mass is 16.5. The number of carboxylic acids is 1. The Kier molecular flexibility index (Phi) is 9.33. The lowest BCUT2D eigenvalue weighted by Crippen LogP contribution is -2.41. The molecule has 2 N–H and O–H groups in total. The molecule has 3 heterocycles. The number of carbonyl (C=O) groups is 2. The van der Waals surface area contributed by atoms with Crippen molar-refractivity contribution in [2.24, 2.45) is 5.92 Å². The van der Waals surface area contributed by atoms with Crippen LogP contribution in [-0.4, -0.2) is 65.8 Å². The molecule has 0 aliphatic carbocycles. The molecule has 1 atom stereocenters. The van der Waals surface area contributed by atoms with E-state index >= 15 is 0 Å². The Hall–Kier alpha value is -4.34. The lowest BCUT2D eigenvalue weighted by atomic mass is 9.84. The topological polar surface area (TPSA) is 117 Å². The molecule has 2 saturated heterocycles. The van der Waals surface area contributed by atoms with E-state index in [2.05, 4.69) is 20.1 Å². The van der Waals surface area contributed by atoms with E-state index in [0.717, 1.165) is 68.1 Å². The van der Waals surface area contributed by atoms with Gasteiger partial charge in [-0.15, -0.1) is 0 Å². The molecule has 228 valence electrons. The van der Waals surface area contributed by atoms with Crippen molar-refractivity contribution >= 4 is 29.2 Å². The standard InChI is InChI=1S/C33H41N5O5/c1-4-42-27-9-5-6-10-28(27)43-26-8-7-17-38(22-26)30-21-34-20-29(35-30)36-31(39)23-15-18-37(19-16-23)25-13-11-24(12-14-25)33(2,3)32(40)41/h5-6,9-14,20-21,23,26H,4,7-8,15-19,22H2,1-3H3,(H,40,41)(H,35,36,39)/t26-/m1/s1. The zero-order chi connectivity index (χ0) is 30.4. The zero-order valence-electron chi connectivity index (χ0n) is 25.2. The second-order valence-electron chi connectivity index (χ2n) is 11.7. The van der Waals surface area contributed by atoms with E-state index in [0.29, 0.717) is 24.8 Å². The van der Waals surface area contributed by atoms with Gasteiger partial charge >= 0.3 is 5.97 Å². The average molecular weight is 588 g/mol. The molecule has 0 radical (unpaired) electrons. The van der Waals surface area contributed by atoms with Gasteiger partial charge in [0.25, 0.3) is 0 Å². The van der Waals surface area contributed by atoms with Crippen LogP contribution < -0.4 is 24.6 Å². The number of hydrogen-bond acceptors (Lipinski definition) is 8. The van der Waals surface area contributed by atoms with Crippen LogP contribution in [0.3, 0.4) is 0 Å². The largest absolute Gasteiger partial charge is 0.490 e. The predicted molar refractivity (Wildman–Crippen MR) is 166 cm³/mol. The van der Waals surface area contributed by atoms with Crippen LogP contribution in [0.2, 0.25) is 0 Å². The van der Waals surface area contributed by atoms with Crippen LogP contribution in [0, 0.1) is 5.92 Å². The first-order chi connectivity index (χ1) is 20.7. The minimum absolute atomic E-state index is 0.0135. The molecular formula is C33H41N5O5. The lowest BCUT2D eigenvalue weighted by molar-refractivity contribution is -0.142. The number of nitrogens with one attached hydrogen (secondary N) is 1. The molecule has 2 aromatic carbocycles. The minimum Gasteiger partial charge on any atom is -0.490 e. The number of piperidine rings is 2. The third-order valence-electron chi connectivity index (χ3n) is 8.37. The molecule has 3 aromatic rings. The fraction of sp³-hybridized carbons (Fsp3) is 0.455. The smallest absolute Gasteiger partial charge is 0.313 e. The van der Waals surface area contributed by atoms with E-state index in [1.54, 1.807) is 26.2 Å². The number of ether oxygens (including phenoxy) is 2. The zero-order valence-corrected chi connectivity index (χ0v) is 25.2. The number of aliphatic carboxylic acids is 1. The highest BCUT2D eigenvalue weighted by molar-refractivity contribution is 5.91. The van der Waals surface area contributed by atoms with Crippen molar-refractivity contribution in [3.8, 4) is 11.5 Å². The van der Waals surface area contributed by atoms with Gasteiger partial charge in [0.15, 0.2) is 17.3 Å². The molecule has 1 amide bonds. The van der Waals surface area contributed by atoms with Crippen molar-refractivity contribution < 1.29 is 24.2 Å². The summed E-state index contributed by atoms with van der Waals surface area (Å²) in [6, 6.07) is 15.4. The number of anilines is 3. The van der Waals surface area contributed by atoms with E-state index in [4.69, 9.17) is 14.5 Å². The Labute approximate surface area is 253 Å². The monoisotopic (exact) mass is 587 g/mol. The summed E-state index contributed by atoms with van der Waals surface area (Å²) in [5.74, 6) is 1.64. The number of rotatable bonds is 10. The van der Waals surface area contributed by atoms with Gasteiger partial charge in [-0.2, -0.15) is 0 Å². The Morgan fingerprint density at radius 2 is 1.70 bits per heavy atom. The number of hydrogen-bond donors (Lipinski definition) is 2. The van der Waals surface area contributed by atoms with Gasteiger partial charge in [-0.25, -0.2) is 4.98 Å². The fourth-order valence-corrected chi connectivity index (χ4v) is 5.65. The maximum Gasteiger partial charge on any atom is 0.313 e. The maximum atomic E-state index is 13.2. The van der Waals surface area contributed by atoms with Crippen LogP contribution in [0.15, 0.2) is 60.9 Å². The summed E-state index contributed by atoms with van der Waals surface area (Å²) < 4.78 is 12.0. The van der Waals surface area contributed by atoms with Crippen molar-refractivity contribution in [2.45, 2.75) is 58.0 Å². The number of para-hydroxylation sites is 2. The quantitative estimate of drug-likeness (QED) is 0.333. The second kappa shape index (κ2) is 13.3. The van der Waals surface area contributed by atoms with Crippen molar-refractivity contribution in [2.75, 3.05) is 47.9 Å². The molecule has 0 bridgehead atoms. The summed E-state index contributed by atoms with van der Waals surface area (Å²) >= 11 is 0. The molecule has 5 rings (SSSR count). The van der Waals surface area contributed by atoms with E-state index in [1.165, 1.54) is 0 Å². The highest BCUT2D eigenvalue weighted by Gasteiger charge is 2.30. The summed E-state index contributed by atoms with van der Waals surface area (Å²) in [4.78, 5) is 38.2. The van der Waals surface area contributed by atoms with Gasteiger partial charge in [0.05, 0.1) is 31.0 Å². The van der Waals surface area contributed by atoms with Crippen LogP contribution in [-0.2, 0) is 15.0 Å². The molecule has 2 aliphatic heterocycles. The molecule has 10 heteroatoms. The van der Waals surface area contributed by atoms with Crippen molar-refractivity contribution in [3.63, 3.8) is 0 Å². The molecule has 0 saturated carbocycles. The van der Waals surface area contributed by atoms with Gasteiger partial charge in [-0.05, 0) is 76.3 Å². The van der Waals surface area contributed by atoms with Crippen LogP contribution in [0.5, 0.6) is 11.5 Å². The number of nitrogens with zero attached hydrogens (tertiary/aromatic N) is 4. The Bertz CT molecular complexity index is 1400. The molecule has 1 aromatic heterocycles. The summed E-state index contributed by atoms with van der Waals surface area (Å²) in [5, 5.41) is 12.5. The number of aromatic nitrogens is 2. The van der Waals surface area contributed by atoms with E-state index in [9.17, 15) is 14.7 Å². The Balaban J connectivity index is 1.14. The second-order valence-corrected chi connectivity index (χ2v) is 11.7. The third kappa shape index (κ3) is 7.18. The fourth-order valence-electron chi connectivity index (χ4n) is 5.65. The normalized spacial score (nSPS) is 17.8. The van der Waals surface area contributed by atoms with Crippen LogP contribution >= 0.6 is 0 Å². The SMILES string of the molecule is CCOc1ccccc1O[C@@H]1CCCN(c2cncc(NC(=O)C3CCN(c4ccc(C(C)(C)C(=O)O)cc4)CC3)n2)C1. The van der Waals surface area contributed by atoms with Gasteiger partial charge in [-0.3, -0.25) is 14.6 Å². The first-order valence-electron chi connectivity index (χ1n) is 15.1. The number of benzene rings is 2. The Morgan fingerprint density at radius 3 is 2.40 bits per heavy atom. The summed E-state index contributed by atoms with van der Waals surface area (Å²) in [7, 11) is 0. The minimum atomic E-state index is -0.941. The molecule has 43 heavy (non-hydrogen) atoms. The van der Waals surface area contributed by atoms with Crippen LogP contribution in [0.25, 0.3) is 0 Å². The number of amides is 1. The highest BCUT2D eigenvalue weighted by Crippen LogP contribution is 2.31. The van der Waals surface area contributed by atoms with Crippen molar-refractivity contribution in [3.05, 3.63) is 66.5 Å². The average Bonchev–Trinajstić information content (AvgIpc) is 3.02. The van der Waals surface area contributed by atoms with Crippen molar-refractivity contribution in [1.29, 1.82) is 0 Å². The first kappa shape index (κ1) is 30.1. The molecule has 2 aliphatic rings. The molecule has 10 nitrogen and oxygen atoms in total. The van der Waals surface area contributed by atoms with E-state index in [-0.39, 0.29) is 17.9 Å². The number of carbonyl (C=O) groups excluding carboxylic acids is 1. The van der Waals surface area contributed by atoms with Gasteiger partial charge < -0.3 is 29.7 Å². The van der Waals surface area contributed by atoms with Crippen LogP contribution in [0.1, 0.15) is 52.0 Å². The Morgan fingerprint density at radius 1 is 0.977 bits per heavy atom. The predicted octanol–water partition coefficient (Wildman–Crippen LogP) is 5.14. The van der Waals surface area contributed by atoms with Crippen molar-refractivity contribution in [1.82, 2.24) is 9.97 Å². The van der Waals surface area contributed by atoms with E-state index < -0.39 is 11.4 Å². The van der Waals surface area contributed by atoms with Gasteiger partial charge in [0, 0.05) is 31.2 Å². The summed E-state index contributed by atoms with van der Waals surface area (Å²) in [6.45, 7) is 8.94. The summed E-state index contributed by atoms with van der Waals surface area (Å²) in [6.07, 6.45) is 6.63. The first-order valence-corrected chi connectivity index (χ1v) is 15.1. The third-order valence-corrected chi connectivity index (χ3v) is 8.37. The lowest BCUT2D eigenvalue weighted by Gasteiger charge is -2.34. The van der Waals surface area contributed by atoms with Gasteiger partial charge in [0.1, 0.15) is 11.9 Å². The number of carboxylic acid groups (broad SMARTS) is 1. The molecule has 0 spiro atoms. The maximum absolute atomic E-state index is 13.2.